The highest BCUT2D eigenvalue weighted by Crippen LogP contribution is 2.18. The molecule has 2 N–H and O–H groups in total. The van der Waals surface area contributed by atoms with Crippen LogP contribution in [0.25, 0.3) is 11.0 Å². The lowest BCUT2D eigenvalue weighted by atomic mass is 10.2. The first-order chi connectivity index (χ1) is 12.1. The van der Waals surface area contributed by atoms with Crippen molar-refractivity contribution >= 4 is 16.9 Å². The van der Waals surface area contributed by atoms with Gasteiger partial charge >= 0.3 is 0 Å². The largest absolute Gasteiger partial charge is 0.347 e. The first-order valence-corrected chi connectivity index (χ1v) is 8.45. The maximum atomic E-state index is 12.4. The Morgan fingerprint density at radius 1 is 1.36 bits per heavy atom. The van der Waals surface area contributed by atoms with Gasteiger partial charge in [0, 0.05) is 6.07 Å². The molecule has 128 valence electrons. The first-order valence-electron chi connectivity index (χ1n) is 8.45. The predicted molar refractivity (Wildman–Crippen MR) is 93.2 cm³/mol. The van der Waals surface area contributed by atoms with Crippen LogP contribution in [0.4, 0.5) is 0 Å². The van der Waals surface area contributed by atoms with Crippen LogP contribution in [0.2, 0.25) is 0 Å². The van der Waals surface area contributed by atoms with Gasteiger partial charge in [0.15, 0.2) is 0 Å². The van der Waals surface area contributed by atoms with E-state index in [2.05, 4.69) is 20.4 Å². The molecule has 1 aliphatic rings. The highest BCUT2D eigenvalue weighted by Gasteiger charge is 2.21. The van der Waals surface area contributed by atoms with E-state index in [1.54, 1.807) is 13.0 Å². The zero-order valence-electron chi connectivity index (χ0n) is 14.0. The van der Waals surface area contributed by atoms with Crippen molar-refractivity contribution in [1.82, 2.24) is 25.1 Å². The molecule has 0 bridgehead atoms. The molecular formula is C18H19N5O2. The number of aromatic nitrogens is 4. The van der Waals surface area contributed by atoms with E-state index in [0.717, 1.165) is 41.6 Å². The normalized spacial score (nSPS) is 14.4. The molecule has 0 spiro atoms. The van der Waals surface area contributed by atoms with Crippen LogP contribution in [0.5, 0.6) is 0 Å². The molecule has 0 radical (unpaired) electrons. The van der Waals surface area contributed by atoms with E-state index in [1.807, 2.05) is 24.3 Å². The summed E-state index contributed by atoms with van der Waals surface area (Å²) in [4.78, 5) is 32.2. The number of nitrogens with one attached hydrogen (secondary N) is 2. The predicted octanol–water partition coefficient (Wildman–Crippen LogP) is 1.49. The van der Waals surface area contributed by atoms with Gasteiger partial charge in [0.25, 0.3) is 5.56 Å². The molecule has 0 aliphatic heterocycles. The van der Waals surface area contributed by atoms with Gasteiger partial charge in [-0.3, -0.25) is 9.59 Å². The standard InChI is InChI=1S/C18H19N5O2/c1-11(23-17(24)9-12-5-4-8-13(12)22-23)18(25)19-10-16-20-14-6-2-3-7-15(14)21-16/h2-3,6-7,9,11H,4-5,8,10H2,1H3,(H,19,25)(H,20,21)/t11-/m1/s1. The molecule has 0 saturated heterocycles. The molecule has 2 heterocycles. The molecule has 2 aromatic heterocycles. The Kier molecular flexibility index (Phi) is 3.83. The van der Waals surface area contributed by atoms with Gasteiger partial charge in [-0.25, -0.2) is 9.67 Å². The third-order valence-electron chi connectivity index (χ3n) is 4.60. The lowest BCUT2D eigenvalue weighted by Crippen LogP contribution is -2.37. The quantitative estimate of drug-likeness (QED) is 0.754. The zero-order valence-corrected chi connectivity index (χ0v) is 14.0. The second-order valence-corrected chi connectivity index (χ2v) is 6.35. The van der Waals surface area contributed by atoms with Crippen LogP contribution >= 0.6 is 0 Å². The number of aryl methyl sites for hydroxylation is 2. The summed E-state index contributed by atoms with van der Waals surface area (Å²) in [5.74, 6) is 0.420. The van der Waals surface area contributed by atoms with Crippen LogP contribution < -0.4 is 10.9 Å². The number of imidazole rings is 1. The highest BCUT2D eigenvalue weighted by molar-refractivity contribution is 5.80. The molecule has 0 fully saturated rings. The Morgan fingerprint density at radius 2 is 2.20 bits per heavy atom. The average Bonchev–Trinajstić information content (AvgIpc) is 3.23. The number of amides is 1. The minimum absolute atomic E-state index is 0.230. The summed E-state index contributed by atoms with van der Waals surface area (Å²) < 4.78 is 1.28. The Balaban J connectivity index is 1.48. The maximum absolute atomic E-state index is 12.4. The van der Waals surface area contributed by atoms with E-state index in [1.165, 1.54) is 4.68 Å². The molecule has 4 rings (SSSR count). The summed E-state index contributed by atoms with van der Waals surface area (Å²) in [6, 6.07) is 8.63. The van der Waals surface area contributed by atoms with Crippen molar-refractivity contribution < 1.29 is 4.79 Å². The number of hydrogen-bond acceptors (Lipinski definition) is 4. The number of rotatable bonds is 4. The smallest absolute Gasteiger partial charge is 0.267 e. The minimum atomic E-state index is -0.664. The van der Waals surface area contributed by atoms with Gasteiger partial charge in [0.2, 0.25) is 5.91 Å². The molecule has 3 aromatic rings. The summed E-state index contributed by atoms with van der Waals surface area (Å²) in [6.45, 7) is 1.96. The van der Waals surface area contributed by atoms with Crippen LogP contribution in [0.15, 0.2) is 35.1 Å². The van der Waals surface area contributed by atoms with Gasteiger partial charge in [0.05, 0.1) is 23.3 Å². The van der Waals surface area contributed by atoms with Gasteiger partial charge in [-0.15, -0.1) is 0 Å². The third kappa shape index (κ3) is 2.93. The number of nitrogens with zero attached hydrogens (tertiary/aromatic N) is 3. The van der Waals surface area contributed by atoms with Crippen molar-refractivity contribution in [2.24, 2.45) is 0 Å². The fourth-order valence-corrected chi connectivity index (χ4v) is 3.21. The molecule has 1 amide bonds. The number of aromatic amines is 1. The van der Waals surface area contributed by atoms with Gasteiger partial charge in [-0.2, -0.15) is 5.10 Å². The molecule has 7 nitrogen and oxygen atoms in total. The van der Waals surface area contributed by atoms with Crippen molar-refractivity contribution in [1.29, 1.82) is 0 Å². The lowest BCUT2D eigenvalue weighted by Gasteiger charge is -2.14. The second kappa shape index (κ2) is 6.16. The van der Waals surface area contributed by atoms with E-state index in [0.29, 0.717) is 5.82 Å². The molecule has 1 aliphatic carbocycles. The van der Waals surface area contributed by atoms with Crippen molar-refractivity contribution in [3.63, 3.8) is 0 Å². The second-order valence-electron chi connectivity index (χ2n) is 6.35. The molecule has 0 unspecified atom stereocenters. The van der Waals surface area contributed by atoms with Gasteiger partial charge in [0.1, 0.15) is 11.9 Å². The first kappa shape index (κ1) is 15.6. The lowest BCUT2D eigenvalue weighted by molar-refractivity contribution is -0.124. The number of fused-ring (bicyclic) bond motifs is 2. The van der Waals surface area contributed by atoms with Crippen LogP contribution in [-0.2, 0) is 24.2 Å². The van der Waals surface area contributed by atoms with Crippen LogP contribution in [-0.4, -0.2) is 25.7 Å². The van der Waals surface area contributed by atoms with E-state index < -0.39 is 6.04 Å². The van der Waals surface area contributed by atoms with Crippen molar-refractivity contribution in [2.75, 3.05) is 0 Å². The molecule has 1 atom stereocenters. The van der Waals surface area contributed by atoms with Crippen molar-refractivity contribution in [3.8, 4) is 0 Å². The van der Waals surface area contributed by atoms with Crippen LogP contribution in [0.1, 0.15) is 36.5 Å². The number of hydrogen-bond donors (Lipinski definition) is 2. The maximum Gasteiger partial charge on any atom is 0.267 e. The van der Waals surface area contributed by atoms with E-state index in [-0.39, 0.29) is 18.0 Å². The van der Waals surface area contributed by atoms with Crippen molar-refractivity contribution in [2.45, 2.75) is 38.8 Å². The monoisotopic (exact) mass is 337 g/mol. The third-order valence-corrected chi connectivity index (χ3v) is 4.60. The summed E-state index contributed by atoms with van der Waals surface area (Å²) in [5, 5.41) is 7.20. The number of carbonyl (C=O) groups excluding carboxylic acids is 1. The van der Waals surface area contributed by atoms with Crippen LogP contribution in [0, 0.1) is 0 Å². The van der Waals surface area contributed by atoms with Gasteiger partial charge < -0.3 is 10.3 Å². The Morgan fingerprint density at radius 3 is 3.04 bits per heavy atom. The number of para-hydroxylation sites is 2. The minimum Gasteiger partial charge on any atom is -0.347 e. The van der Waals surface area contributed by atoms with E-state index in [9.17, 15) is 9.59 Å². The number of carbonyl (C=O) groups is 1. The summed E-state index contributed by atoms with van der Waals surface area (Å²) in [5.41, 5.74) is 3.49. The Bertz CT molecular complexity index is 971. The summed E-state index contributed by atoms with van der Waals surface area (Å²) >= 11 is 0. The molecule has 0 saturated carbocycles. The van der Waals surface area contributed by atoms with Crippen LogP contribution in [0.3, 0.4) is 0 Å². The summed E-state index contributed by atoms with van der Waals surface area (Å²) in [7, 11) is 0. The average molecular weight is 337 g/mol. The molecule has 1 aromatic carbocycles. The van der Waals surface area contributed by atoms with E-state index >= 15 is 0 Å². The number of H-pyrrole nitrogens is 1. The Hall–Kier alpha value is -2.96. The zero-order chi connectivity index (χ0) is 17.4. The highest BCUT2D eigenvalue weighted by atomic mass is 16.2. The van der Waals surface area contributed by atoms with Gasteiger partial charge in [-0.05, 0) is 43.9 Å². The molecular weight excluding hydrogens is 318 g/mol. The Labute approximate surface area is 144 Å². The topological polar surface area (TPSA) is 92.7 Å². The molecule has 25 heavy (non-hydrogen) atoms. The molecule has 7 heteroatoms. The fraction of sp³-hybridized carbons (Fsp3) is 0.333. The summed E-state index contributed by atoms with van der Waals surface area (Å²) in [6.07, 6.45) is 2.77. The van der Waals surface area contributed by atoms with E-state index in [4.69, 9.17) is 0 Å². The SMILES string of the molecule is C[C@H](C(=O)NCc1nc2ccccc2[nH]1)n1nc2c(cc1=O)CCC2. The fourth-order valence-electron chi connectivity index (χ4n) is 3.21. The number of benzene rings is 1. The van der Waals surface area contributed by atoms with Gasteiger partial charge in [-0.1, -0.05) is 12.1 Å². The van der Waals surface area contributed by atoms with Crippen molar-refractivity contribution in [3.05, 3.63) is 57.8 Å².